The third kappa shape index (κ3) is 4.43. The summed E-state index contributed by atoms with van der Waals surface area (Å²) in [5, 5.41) is 4.60. The van der Waals surface area contributed by atoms with Gasteiger partial charge in [0.25, 0.3) is 15.9 Å². The average molecular weight is 422 g/mol. The maximum absolute atomic E-state index is 12.6. The summed E-state index contributed by atoms with van der Waals surface area (Å²) < 4.78 is 26.9. The van der Waals surface area contributed by atoms with Crippen LogP contribution >= 0.6 is 11.3 Å². The number of thiophene rings is 1. The van der Waals surface area contributed by atoms with E-state index in [1.807, 2.05) is 0 Å². The summed E-state index contributed by atoms with van der Waals surface area (Å²) in [7, 11) is -0.0953. The third-order valence-electron chi connectivity index (χ3n) is 4.72. The predicted octanol–water partition coefficient (Wildman–Crippen LogP) is 2.49. The Morgan fingerprint density at radius 3 is 2.29 bits per heavy atom. The van der Waals surface area contributed by atoms with E-state index in [1.165, 1.54) is 20.5 Å². The first-order valence-corrected chi connectivity index (χ1v) is 11.3. The SMILES string of the molecule is CN(C)C(=O)c1ccc(NC(=O)C2CCN(S(=O)(=O)c3cccs3)CC2)cc1. The lowest BCUT2D eigenvalue weighted by Gasteiger charge is -2.30. The number of sulfonamides is 1. The van der Waals surface area contributed by atoms with Crippen molar-refractivity contribution in [3.05, 3.63) is 47.3 Å². The molecular weight excluding hydrogens is 398 g/mol. The van der Waals surface area contributed by atoms with Crippen molar-refractivity contribution in [2.24, 2.45) is 5.92 Å². The van der Waals surface area contributed by atoms with Gasteiger partial charge >= 0.3 is 0 Å². The Morgan fingerprint density at radius 1 is 1.11 bits per heavy atom. The van der Waals surface area contributed by atoms with Crippen LogP contribution in [0.1, 0.15) is 23.2 Å². The molecule has 1 aliphatic rings. The number of nitrogens with zero attached hydrogens (tertiary/aromatic N) is 2. The third-order valence-corrected chi connectivity index (χ3v) is 7.99. The summed E-state index contributed by atoms with van der Waals surface area (Å²) in [6, 6.07) is 10.1. The van der Waals surface area contributed by atoms with E-state index in [-0.39, 0.29) is 17.7 Å². The van der Waals surface area contributed by atoms with E-state index in [2.05, 4.69) is 5.32 Å². The second-order valence-corrected chi connectivity index (χ2v) is 9.99. The molecule has 28 heavy (non-hydrogen) atoms. The molecule has 1 aliphatic heterocycles. The highest BCUT2D eigenvalue weighted by Gasteiger charge is 2.32. The maximum atomic E-state index is 12.6. The number of carbonyl (C=O) groups excluding carboxylic acids is 2. The van der Waals surface area contributed by atoms with Crippen LogP contribution in [0.4, 0.5) is 5.69 Å². The van der Waals surface area contributed by atoms with Crippen molar-refractivity contribution >= 4 is 38.9 Å². The molecule has 150 valence electrons. The standard InChI is InChI=1S/C19H23N3O4S2/c1-21(2)19(24)15-5-7-16(8-6-15)20-18(23)14-9-11-22(12-10-14)28(25,26)17-4-3-13-27-17/h3-8,13-14H,9-12H2,1-2H3,(H,20,23). The van der Waals surface area contributed by atoms with Crippen molar-refractivity contribution in [1.82, 2.24) is 9.21 Å². The summed E-state index contributed by atoms with van der Waals surface area (Å²) >= 11 is 1.20. The van der Waals surface area contributed by atoms with Crippen LogP contribution < -0.4 is 5.32 Å². The first-order chi connectivity index (χ1) is 13.3. The zero-order valence-corrected chi connectivity index (χ0v) is 17.4. The summed E-state index contributed by atoms with van der Waals surface area (Å²) in [6.45, 7) is 0.656. The smallest absolute Gasteiger partial charge is 0.253 e. The van der Waals surface area contributed by atoms with Crippen molar-refractivity contribution in [3.8, 4) is 0 Å². The number of nitrogens with one attached hydrogen (secondary N) is 1. The summed E-state index contributed by atoms with van der Waals surface area (Å²) in [4.78, 5) is 25.9. The Balaban J connectivity index is 1.56. The number of hydrogen-bond acceptors (Lipinski definition) is 5. The molecule has 2 heterocycles. The van der Waals surface area contributed by atoms with Crippen LogP contribution in [0.25, 0.3) is 0 Å². The molecule has 1 aromatic carbocycles. The van der Waals surface area contributed by atoms with E-state index in [4.69, 9.17) is 0 Å². The van der Waals surface area contributed by atoms with E-state index in [0.29, 0.717) is 41.4 Å². The van der Waals surface area contributed by atoms with E-state index < -0.39 is 10.0 Å². The van der Waals surface area contributed by atoms with Crippen LogP contribution in [-0.4, -0.2) is 56.6 Å². The molecule has 9 heteroatoms. The molecule has 0 atom stereocenters. The molecular formula is C19H23N3O4S2. The van der Waals surface area contributed by atoms with Gasteiger partial charge in [-0.25, -0.2) is 8.42 Å². The molecule has 7 nitrogen and oxygen atoms in total. The fraction of sp³-hybridized carbons (Fsp3) is 0.368. The summed E-state index contributed by atoms with van der Waals surface area (Å²) in [5.41, 5.74) is 1.17. The molecule has 3 rings (SSSR count). The molecule has 2 aromatic rings. The lowest BCUT2D eigenvalue weighted by atomic mass is 9.97. The van der Waals surface area contributed by atoms with Crippen LogP contribution in [0.15, 0.2) is 46.0 Å². The predicted molar refractivity (Wildman–Crippen MR) is 109 cm³/mol. The Bertz CT molecular complexity index is 930. The topological polar surface area (TPSA) is 86.8 Å². The number of rotatable bonds is 5. The minimum Gasteiger partial charge on any atom is -0.345 e. The number of benzene rings is 1. The molecule has 0 saturated carbocycles. The highest BCUT2D eigenvalue weighted by molar-refractivity contribution is 7.91. The molecule has 0 aliphatic carbocycles. The molecule has 1 N–H and O–H groups in total. The second kappa shape index (κ2) is 8.42. The van der Waals surface area contributed by atoms with Crippen LogP contribution in [0, 0.1) is 5.92 Å². The van der Waals surface area contributed by atoms with E-state index >= 15 is 0 Å². The molecule has 0 spiro atoms. The molecule has 2 amide bonds. The Labute approximate surface area is 169 Å². The second-order valence-electron chi connectivity index (χ2n) is 6.88. The Hall–Kier alpha value is -2.23. The minimum absolute atomic E-state index is 0.0998. The zero-order chi connectivity index (χ0) is 20.3. The molecule has 1 saturated heterocycles. The lowest BCUT2D eigenvalue weighted by molar-refractivity contribution is -0.120. The van der Waals surface area contributed by atoms with Crippen molar-refractivity contribution in [2.75, 3.05) is 32.5 Å². The first kappa shape index (κ1) is 20.5. The van der Waals surface area contributed by atoms with Gasteiger partial charge in [0.1, 0.15) is 4.21 Å². The van der Waals surface area contributed by atoms with Gasteiger partial charge in [0.15, 0.2) is 0 Å². The molecule has 1 aromatic heterocycles. The van der Waals surface area contributed by atoms with Gasteiger partial charge in [-0.2, -0.15) is 4.31 Å². The highest BCUT2D eigenvalue weighted by Crippen LogP contribution is 2.27. The number of anilines is 1. The van der Waals surface area contributed by atoms with Gasteiger partial charge < -0.3 is 10.2 Å². The number of hydrogen-bond donors (Lipinski definition) is 1. The normalized spacial score (nSPS) is 15.9. The van der Waals surface area contributed by atoms with Crippen LogP contribution in [-0.2, 0) is 14.8 Å². The summed E-state index contributed by atoms with van der Waals surface area (Å²) in [5.74, 6) is -0.463. The highest BCUT2D eigenvalue weighted by atomic mass is 32.2. The minimum atomic E-state index is -3.46. The molecule has 1 fully saturated rings. The fourth-order valence-corrected chi connectivity index (χ4v) is 5.71. The van der Waals surface area contributed by atoms with Crippen molar-refractivity contribution in [1.29, 1.82) is 0 Å². The van der Waals surface area contributed by atoms with Crippen molar-refractivity contribution < 1.29 is 18.0 Å². The van der Waals surface area contributed by atoms with Crippen molar-refractivity contribution in [2.45, 2.75) is 17.1 Å². The van der Waals surface area contributed by atoms with E-state index in [0.717, 1.165) is 0 Å². The van der Waals surface area contributed by atoms with Gasteiger partial charge in [-0.1, -0.05) is 6.07 Å². The van der Waals surface area contributed by atoms with Gasteiger partial charge in [0.05, 0.1) is 0 Å². The van der Waals surface area contributed by atoms with Crippen LogP contribution in [0.3, 0.4) is 0 Å². The molecule has 0 radical (unpaired) electrons. The largest absolute Gasteiger partial charge is 0.345 e. The van der Waals surface area contributed by atoms with E-state index in [9.17, 15) is 18.0 Å². The number of piperidine rings is 1. The lowest BCUT2D eigenvalue weighted by Crippen LogP contribution is -2.41. The zero-order valence-electron chi connectivity index (χ0n) is 15.8. The van der Waals surface area contributed by atoms with Gasteiger partial charge in [0.2, 0.25) is 5.91 Å². The molecule has 0 bridgehead atoms. The van der Waals surface area contributed by atoms with Gasteiger partial charge in [-0.15, -0.1) is 11.3 Å². The number of amides is 2. The fourth-order valence-electron chi connectivity index (χ4n) is 3.09. The van der Waals surface area contributed by atoms with Crippen LogP contribution in [0.5, 0.6) is 0 Å². The Morgan fingerprint density at radius 2 is 1.75 bits per heavy atom. The monoisotopic (exact) mass is 421 g/mol. The Kier molecular flexibility index (Phi) is 6.17. The molecule has 0 unspecified atom stereocenters. The van der Waals surface area contributed by atoms with Gasteiger partial charge in [-0.05, 0) is 48.6 Å². The number of carbonyl (C=O) groups is 2. The average Bonchev–Trinajstić information content (AvgIpc) is 3.24. The van der Waals surface area contributed by atoms with Gasteiger partial charge in [-0.3, -0.25) is 9.59 Å². The van der Waals surface area contributed by atoms with E-state index in [1.54, 1.807) is 55.9 Å². The van der Waals surface area contributed by atoms with Gasteiger partial charge in [0, 0.05) is 44.4 Å². The van der Waals surface area contributed by atoms with Crippen molar-refractivity contribution in [3.63, 3.8) is 0 Å². The maximum Gasteiger partial charge on any atom is 0.253 e. The summed E-state index contributed by atoms with van der Waals surface area (Å²) in [6.07, 6.45) is 0.960. The first-order valence-electron chi connectivity index (χ1n) is 8.95. The quantitative estimate of drug-likeness (QED) is 0.804. The van der Waals surface area contributed by atoms with Crippen LogP contribution in [0.2, 0.25) is 0 Å².